The standard InChI is InChI=1S/C10H17N7O2S/c1-10(2,20(3,18)19)5-12-7-6-4-13-17-8(6)15-9(14-7)16-11/h4H,5,11H2,1-3H3,(H3,12,13,14,15,16,17). The lowest BCUT2D eigenvalue weighted by atomic mass is 10.2. The molecule has 2 aromatic rings. The van der Waals surface area contributed by atoms with Crippen molar-refractivity contribution < 1.29 is 8.42 Å². The van der Waals surface area contributed by atoms with Crippen LogP contribution in [0.5, 0.6) is 0 Å². The molecule has 0 bridgehead atoms. The average molecular weight is 299 g/mol. The SMILES string of the molecule is CC(C)(CNc1nc(NN)nc2[nH]ncc12)S(C)(=O)=O. The first-order valence-corrected chi connectivity index (χ1v) is 7.75. The minimum absolute atomic E-state index is 0.202. The largest absolute Gasteiger partial charge is 0.368 e. The molecule has 0 radical (unpaired) electrons. The van der Waals surface area contributed by atoms with Gasteiger partial charge in [-0.3, -0.25) is 10.5 Å². The predicted molar refractivity (Wildman–Crippen MR) is 76.9 cm³/mol. The van der Waals surface area contributed by atoms with Crippen LogP contribution in [0.4, 0.5) is 11.8 Å². The summed E-state index contributed by atoms with van der Waals surface area (Å²) >= 11 is 0. The number of H-pyrrole nitrogens is 1. The van der Waals surface area contributed by atoms with Gasteiger partial charge in [0.25, 0.3) is 0 Å². The number of nitrogens with zero attached hydrogens (tertiary/aromatic N) is 3. The van der Waals surface area contributed by atoms with E-state index in [9.17, 15) is 8.42 Å². The fraction of sp³-hybridized carbons (Fsp3) is 0.500. The Morgan fingerprint density at radius 2 is 2.10 bits per heavy atom. The van der Waals surface area contributed by atoms with Gasteiger partial charge in [-0.05, 0) is 13.8 Å². The molecule has 0 saturated carbocycles. The molecule has 0 aliphatic carbocycles. The number of fused-ring (bicyclic) bond motifs is 1. The molecular formula is C10H17N7O2S. The van der Waals surface area contributed by atoms with Crippen molar-refractivity contribution in [1.29, 1.82) is 0 Å². The van der Waals surface area contributed by atoms with Crippen molar-refractivity contribution in [2.45, 2.75) is 18.6 Å². The van der Waals surface area contributed by atoms with Crippen LogP contribution in [0.3, 0.4) is 0 Å². The number of hydrogen-bond donors (Lipinski definition) is 4. The summed E-state index contributed by atoms with van der Waals surface area (Å²) < 4.78 is 22.4. The van der Waals surface area contributed by atoms with Crippen LogP contribution in [0.25, 0.3) is 11.0 Å². The molecule has 0 amide bonds. The van der Waals surface area contributed by atoms with Gasteiger partial charge in [0.05, 0.1) is 16.3 Å². The number of nitrogens with one attached hydrogen (secondary N) is 3. The highest BCUT2D eigenvalue weighted by Crippen LogP contribution is 2.22. The molecule has 2 rings (SSSR count). The Bertz CT molecular complexity index is 722. The summed E-state index contributed by atoms with van der Waals surface area (Å²) in [4.78, 5) is 8.25. The van der Waals surface area contributed by atoms with Gasteiger partial charge in [0.15, 0.2) is 15.5 Å². The Labute approximate surface area is 116 Å². The number of nitrogen functional groups attached to an aromatic ring is 1. The number of aromatic nitrogens is 4. The molecule has 0 aliphatic rings. The van der Waals surface area contributed by atoms with Crippen LogP contribution >= 0.6 is 0 Å². The maximum absolute atomic E-state index is 11.7. The van der Waals surface area contributed by atoms with Crippen LogP contribution in [0.1, 0.15) is 13.8 Å². The van der Waals surface area contributed by atoms with Gasteiger partial charge in [0.1, 0.15) is 5.82 Å². The van der Waals surface area contributed by atoms with Crippen LogP contribution in [0, 0.1) is 0 Å². The molecule has 110 valence electrons. The number of sulfone groups is 1. The van der Waals surface area contributed by atoms with Gasteiger partial charge in [-0.25, -0.2) is 14.3 Å². The van der Waals surface area contributed by atoms with Crippen molar-refractivity contribution >= 4 is 32.6 Å². The zero-order chi connectivity index (χ0) is 15.0. The number of rotatable bonds is 5. The topological polar surface area (TPSA) is 139 Å². The molecule has 0 aliphatic heterocycles. The Morgan fingerprint density at radius 1 is 1.40 bits per heavy atom. The molecule has 10 heteroatoms. The molecule has 0 saturated heterocycles. The molecule has 20 heavy (non-hydrogen) atoms. The summed E-state index contributed by atoms with van der Waals surface area (Å²) in [6.45, 7) is 3.49. The van der Waals surface area contributed by atoms with Crippen molar-refractivity contribution in [3.05, 3.63) is 6.20 Å². The molecular weight excluding hydrogens is 282 g/mol. The van der Waals surface area contributed by atoms with E-state index in [0.717, 1.165) is 0 Å². The summed E-state index contributed by atoms with van der Waals surface area (Å²) in [6.07, 6.45) is 2.76. The van der Waals surface area contributed by atoms with E-state index in [1.165, 1.54) is 6.26 Å². The van der Waals surface area contributed by atoms with E-state index < -0.39 is 14.6 Å². The highest BCUT2D eigenvalue weighted by atomic mass is 32.2. The quantitative estimate of drug-likeness (QED) is 0.442. The summed E-state index contributed by atoms with van der Waals surface area (Å²) in [5.74, 6) is 5.97. The maximum Gasteiger partial charge on any atom is 0.241 e. The third-order valence-corrected chi connectivity index (χ3v) is 5.28. The Kier molecular flexibility index (Phi) is 3.52. The molecule has 2 heterocycles. The van der Waals surface area contributed by atoms with Gasteiger partial charge in [0.2, 0.25) is 5.95 Å². The summed E-state index contributed by atoms with van der Waals surface area (Å²) in [6, 6.07) is 0. The Balaban J connectivity index is 2.32. The van der Waals surface area contributed by atoms with Gasteiger partial charge in [-0.15, -0.1) is 0 Å². The van der Waals surface area contributed by atoms with Gasteiger partial charge >= 0.3 is 0 Å². The lowest BCUT2D eigenvalue weighted by Crippen LogP contribution is -2.38. The monoisotopic (exact) mass is 299 g/mol. The van der Waals surface area contributed by atoms with Crippen molar-refractivity contribution in [2.75, 3.05) is 23.5 Å². The zero-order valence-electron chi connectivity index (χ0n) is 11.4. The number of anilines is 2. The van der Waals surface area contributed by atoms with Gasteiger partial charge in [-0.2, -0.15) is 15.1 Å². The predicted octanol–water partition coefficient (Wildman–Crippen LogP) is -0.126. The van der Waals surface area contributed by atoms with Crippen LogP contribution in [-0.4, -0.2) is 46.1 Å². The van der Waals surface area contributed by atoms with E-state index in [0.29, 0.717) is 16.9 Å². The van der Waals surface area contributed by atoms with Gasteiger partial charge < -0.3 is 5.32 Å². The van der Waals surface area contributed by atoms with Crippen molar-refractivity contribution in [1.82, 2.24) is 20.2 Å². The lowest BCUT2D eigenvalue weighted by Gasteiger charge is -2.23. The van der Waals surface area contributed by atoms with Crippen molar-refractivity contribution in [3.8, 4) is 0 Å². The summed E-state index contributed by atoms with van der Waals surface area (Å²) in [5, 5.41) is 10.3. The summed E-state index contributed by atoms with van der Waals surface area (Å²) in [7, 11) is -3.20. The molecule has 5 N–H and O–H groups in total. The molecule has 0 atom stereocenters. The normalized spacial score (nSPS) is 12.6. The highest BCUT2D eigenvalue weighted by molar-refractivity contribution is 7.92. The second-order valence-electron chi connectivity index (χ2n) is 5.06. The number of nitrogens with two attached hydrogens (primary N) is 1. The molecule has 0 unspecified atom stereocenters. The molecule has 9 nitrogen and oxygen atoms in total. The van der Waals surface area contributed by atoms with Crippen LogP contribution in [0.2, 0.25) is 0 Å². The van der Waals surface area contributed by atoms with E-state index in [-0.39, 0.29) is 12.5 Å². The Hall–Kier alpha value is -1.94. The summed E-state index contributed by atoms with van der Waals surface area (Å²) in [5.41, 5.74) is 2.86. The van der Waals surface area contributed by atoms with Crippen LogP contribution in [-0.2, 0) is 9.84 Å². The first-order chi connectivity index (χ1) is 9.24. The minimum Gasteiger partial charge on any atom is -0.368 e. The van der Waals surface area contributed by atoms with E-state index in [4.69, 9.17) is 5.84 Å². The number of hydrazine groups is 1. The highest BCUT2D eigenvalue weighted by Gasteiger charge is 2.30. The fourth-order valence-electron chi connectivity index (χ4n) is 1.46. The van der Waals surface area contributed by atoms with Gasteiger partial charge in [0, 0.05) is 12.8 Å². The fourth-order valence-corrected chi connectivity index (χ4v) is 1.80. The van der Waals surface area contributed by atoms with Crippen LogP contribution in [0.15, 0.2) is 6.20 Å². The van der Waals surface area contributed by atoms with Crippen LogP contribution < -0.4 is 16.6 Å². The second-order valence-corrected chi connectivity index (χ2v) is 7.71. The lowest BCUT2D eigenvalue weighted by molar-refractivity contribution is 0.559. The third kappa shape index (κ3) is 2.65. The first kappa shape index (κ1) is 14.5. The first-order valence-electron chi connectivity index (χ1n) is 5.86. The molecule has 0 fully saturated rings. The van der Waals surface area contributed by atoms with Crippen molar-refractivity contribution in [2.24, 2.45) is 5.84 Å². The van der Waals surface area contributed by atoms with Crippen molar-refractivity contribution in [3.63, 3.8) is 0 Å². The van der Waals surface area contributed by atoms with E-state index in [1.54, 1.807) is 20.0 Å². The molecule has 0 aromatic carbocycles. The smallest absolute Gasteiger partial charge is 0.241 e. The zero-order valence-corrected chi connectivity index (χ0v) is 12.2. The average Bonchev–Trinajstić information content (AvgIpc) is 2.82. The second kappa shape index (κ2) is 4.87. The van der Waals surface area contributed by atoms with E-state index >= 15 is 0 Å². The number of aromatic amines is 1. The maximum atomic E-state index is 11.7. The third-order valence-electron chi connectivity index (χ3n) is 3.12. The number of hydrogen-bond acceptors (Lipinski definition) is 8. The Morgan fingerprint density at radius 3 is 2.70 bits per heavy atom. The molecule has 0 spiro atoms. The molecule has 2 aromatic heterocycles. The van der Waals surface area contributed by atoms with Gasteiger partial charge in [-0.1, -0.05) is 0 Å². The van der Waals surface area contributed by atoms with E-state index in [1.807, 2.05) is 0 Å². The van der Waals surface area contributed by atoms with E-state index in [2.05, 4.69) is 30.9 Å². The minimum atomic E-state index is -3.20.